The monoisotopic (exact) mass is 442 g/mol. The van der Waals surface area contributed by atoms with E-state index < -0.39 is 6.04 Å². The number of rotatable bonds is 9. The van der Waals surface area contributed by atoms with E-state index in [0.29, 0.717) is 13.0 Å². The SMILES string of the molecule is Cc1cccc(CC(=O)N(Cc2cccc(C)c2)[C@@H](Cc2ccccc2)C(=O)NC(C)C)c1. The van der Waals surface area contributed by atoms with Crippen LogP contribution in [0.15, 0.2) is 78.9 Å². The summed E-state index contributed by atoms with van der Waals surface area (Å²) in [6, 6.07) is 25.4. The van der Waals surface area contributed by atoms with Gasteiger partial charge in [0.25, 0.3) is 0 Å². The Morgan fingerprint density at radius 1 is 0.788 bits per heavy atom. The van der Waals surface area contributed by atoms with Gasteiger partial charge in [0, 0.05) is 19.0 Å². The van der Waals surface area contributed by atoms with E-state index in [1.807, 2.05) is 100 Å². The molecule has 2 amide bonds. The van der Waals surface area contributed by atoms with E-state index in [1.54, 1.807) is 4.90 Å². The van der Waals surface area contributed by atoms with Crippen molar-refractivity contribution in [3.05, 3.63) is 107 Å². The zero-order valence-electron chi connectivity index (χ0n) is 20.0. The summed E-state index contributed by atoms with van der Waals surface area (Å²) in [4.78, 5) is 28.8. The Labute approximate surface area is 197 Å². The third-order valence-electron chi connectivity index (χ3n) is 5.58. The summed E-state index contributed by atoms with van der Waals surface area (Å²) in [5.74, 6) is -0.180. The molecule has 1 N–H and O–H groups in total. The molecular formula is C29H34N2O2. The second kappa shape index (κ2) is 11.5. The molecular weight excluding hydrogens is 408 g/mol. The summed E-state index contributed by atoms with van der Waals surface area (Å²) < 4.78 is 0. The average molecular weight is 443 g/mol. The summed E-state index contributed by atoms with van der Waals surface area (Å²) >= 11 is 0. The number of carbonyl (C=O) groups is 2. The van der Waals surface area contributed by atoms with Crippen LogP contribution in [0.3, 0.4) is 0 Å². The molecule has 0 radical (unpaired) electrons. The van der Waals surface area contributed by atoms with Gasteiger partial charge in [0.05, 0.1) is 6.42 Å². The van der Waals surface area contributed by atoms with Crippen molar-refractivity contribution in [2.24, 2.45) is 0 Å². The Morgan fingerprint density at radius 2 is 1.36 bits per heavy atom. The van der Waals surface area contributed by atoms with E-state index in [2.05, 4.69) is 11.4 Å². The smallest absolute Gasteiger partial charge is 0.243 e. The van der Waals surface area contributed by atoms with E-state index >= 15 is 0 Å². The molecule has 0 saturated carbocycles. The van der Waals surface area contributed by atoms with E-state index in [1.165, 1.54) is 0 Å². The van der Waals surface area contributed by atoms with Crippen LogP contribution < -0.4 is 5.32 Å². The molecule has 0 aliphatic rings. The molecule has 0 bridgehead atoms. The van der Waals surface area contributed by atoms with Crippen LogP contribution in [0.25, 0.3) is 0 Å². The summed E-state index contributed by atoms with van der Waals surface area (Å²) in [5, 5.41) is 3.04. The van der Waals surface area contributed by atoms with Gasteiger partial charge in [-0.3, -0.25) is 9.59 Å². The Balaban J connectivity index is 1.97. The molecule has 0 heterocycles. The lowest BCUT2D eigenvalue weighted by Gasteiger charge is -2.32. The van der Waals surface area contributed by atoms with Crippen molar-refractivity contribution in [3.8, 4) is 0 Å². The lowest BCUT2D eigenvalue weighted by atomic mass is 10.0. The quantitative estimate of drug-likeness (QED) is 0.506. The van der Waals surface area contributed by atoms with Crippen LogP contribution in [0.2, 0.25) is 0 Å². The molecule has 33 heavy (non-hydrogen) atoms. The number of nitrogens with one attached hydrogen (secondary N) is 1. The Bertz CT molecular complexity index is 1080. The molecule has 0 saturated heterocycles. The van der Waals surface area contributed by atoms with Crippen molar-refractivity contribution >= 4 is 11.8 Å². The lowest BCUT2D eigenvalue weighted by molar-refractivity contribution is -0.141. The summed E-state index contributed by atoms with van der Waals surface area (Å²) in [6.07, 6.45) is 0.721. The maximum absolute atomic E-state index is 13.7. The largest absolute Gasteiger partial charge is 0.352 e. The first-order chi connectivity index (χ1) is 15.8. The molecule has 1 atom stereocenters. The number of hydrogen-bond donors (Lipinski definition) is 1. The molecule has 0 aliphatic carbocycles. The fourth-order valence-electron chi connectivity index (χ4n) is 4.04. The maximum atomic E-state index is 13.7. The van der Waals surface area contributed by atoms with Gasteiger partial charge in [-0.05, 0) is 44.4 Å². The van der Waals surface area contributed by atoms with E-state index in [4.69, 9.17) is 0 Å². The highest BCUT2D eigenvalue weighted by Gasteiger charge is 2.30. The molecule has 0 aromatic heterocycles. The molecule has 0 spiro atoms. The Hall–Kier alpha value is -3.40. The number of benzene rings is 3. The van der Waals surface area contributed by atoms with Crippen molar-refractivity contribution in [1.82, 2.24) is 10.2 Å². The highest BCUT2D eigenvalue weighted by molar-refractivity contribution is 5.89. The summed E-state index contributed by atoms with van der Waals surface area (Å²) in [6.45, 7) is 8.32. The molecule has 3 rings (SSSR count). The van der Waals surface area contributed by atoms with Crippen LogP contribution in [-0.4, -0.2) is 28.8 Å². The predicted octanol–water partition coefficient (Wildman–Crippen LogP) is 5.01. The van der Waals surface area contributed by atoms with Gasteiger partial charge in [-0.1, -0.05) is 90.0 Å². The first-order valence-corrected chi connectivity index (χ1v) is 11.6. The minimum Gasteiger partial charge on any atom is -0.352 e. The Kier molecular flexibility index (Phi) is 8.42. The van der Waals surface area contributed by atoms with Crippen LogP contribution in [0, 0.1) is 13.8 Å². The van der Waals surface area contributed by atoms with Gasteiger partial charge in [0.15, 0.2) is 0 Å². The standard InChI is InChI=1S/C29H34N2O2/c1-21(2)30-29(33)27(18-24-12-6-5-7-13-24)31(20-26-15-9-11-23(4)17-26)28(32)19-25-14-8-10-22(3)16-25/h5-17,21,27H,18-20H2,1-4H3,(H,30,33)/t27-/m0/s1. The topological polar surface area (TPSA) is 49.4 Å². The third-order valence-corrected chi connectivity index (χ3v) is 5.58. The first kappa shape index (κ1) is 24.2. The zero-order chi connectivity index (χ0) is 23.8. The van der Waals surface area contributed by atoms with Gasteiger partial charge >= 0.3 is 0 Å². The van der Waals surface area contributed by atoms with Gasteiger partial charge in [0.2, 0.25) is 11.8 Å². The number of amides is 2. The van der Waals surface area contributed by atoms with Crippen molar-refractivity contribution in [1.29, 1.82) is 0 Å². The van der Waals surface area contributed by atoms with E-state index in [-0.39, 0.29) is 24.3 Å². The lowest BCUT2D eigenvalue weighted by Crippen LogP contribution is -2.52. The fraction of sp³-hybridized carbons (Fsp3) is 0.310. The molecule has 0 fully saturated rings. The second-order valence-electron chi connectivity index (χ2n) is 9.05. The average Bonchev–Trinajstić information content (AvgIpc) is 2.76. The predicted molar refractivity (Wildman–Crippen MR) is 134 cm³/mol. The zero-order valence-corrected chi connectivity index (χ0v) is 20.0. The number of nitrogens with zero attached hydrogens (tertiary/aromatic N) is 1. The van der Waals surface area contributed by atoms with Crippen molar-refractivity contribution in [2.45, 2.75) is 59.2 Å². The maximum Gasteiger partial charge on any atom is 0.243 e. The Morgan fingerprint density at radius 3 is 1.97 bits per heavy atom. The van der Waals surface area contributed by atoms with E-state index in [0.717, 1.165) is 27.8 Å². The van der Waals surface area contributed by atoms with Crippen molar-refractivity contribution < 1.29 is 9.59 Å². The van der Waals surface area contributed by atoms with Crippen LogP contribution in [0.4, 0.5) is 0 Å². The molecule has 3 aromatic rings. The molecule has 0 unspecified atom stereocenters. The fourth-order valence-corrected chi connectivity index (χ4v) is 4.04. The molecule has 3 aromatic carbocycles. The number of hydrogen-bond acceptors (Lipinski definition) is 2. The van der Waals surface area contributed by atoms with Crippen molar-refractivity contribution in [3.63, 3.8) is 0 Å². The normalized spacial score (nSPS) is 11.8. The van der Waals surface area contributed by atoms with Gasteiger partial charge < -0.3 is 10.2 Å². The van der Waals surface area contributed by atoms with Crippen LogP contribution in [0.1, 0.15) is 41.7 Å². The van der Waals surface area contributed by atoms with Crippen LogP contribution in [0.5, 0.6) is 0 Å². The van der Waals surface area contributed by atoms with Gasteiger partial charge in [-0.2, -0.15) is 0 Å². The second-order valence-corrected chi connectivity index (χ2v) is 9.05. The van der Waals surface area contributed by atoms with Crippen LogP contribution >= 0.6 is 0 Å². The van der Waals surface area contributed by atoms with Gasteiger partial charge in [0.1, 0.15) is 6.04 Å². The van der Waals surface area contributed by atoms with E-state index in [9.17, 15) is 9.59 Å². The minimum atomic E-state index is -0.604. The highest BCUT2D eigenvalue weighted by atomic mass is 16.2. The molecule has 4 heteroatoms. The number of carbonyl (C=O) groups excluding carboxylic acids is 2. The van der Waals surface area contributed by atoms with Crippen LogP contribution in [-0.2, 0) is 29.0 Å². The highest BCUT2D eigenvalue weighted by Crippen LogP contribution is 2.18. The van der Waals surface area contributed by atoms with Gasteiger partial charge in [-0.25, -0.2) is 0 Å². The van der Waals surface area contributed by atoms with Gasteiger partial charge in [-0.15, -0.1) is 0 Å². The summed E-state index contributed by atoms with van der Waals surface area (Å²) in [7, 11) is 0. The number of aryl methyl sites for hydroxylation is 2. The molecule has 4 nitrogen and oxygen atoms in total. The third kappa shape index (κ3) is 7.31. The molecule has 172 valence electrons. The minimum absolute atomic E-state index is 0.0107. The molecule has 0 aliphatic heterocycles. The first-order valence-electron chi connectivity index (χ1n) is 11.6. The summed E-state index contributed by atoms with van der Waals surface area (Å²) in [5.41, 5.74) is 5.24. The van der Waals surface area contributed by atoms with Crippen molar-refractivity contribution in [2.75, 3.05) is 0 Å².